The molecule has 0 aromatic heterocycles. The molecule has 2 rings (SSSR count). The van der Waals surface area contributed by atoms with E-state index in [0.29, 0.717) is 25.8 Å². The molecule has 0 radical (unpaired) electrons. The molecule has 1 aromatic carbocycles. The first-order valence-electron chi connectivity index (χ1n) is 15.5. The SMILES string of the molecule is CC(C)(C)C(=O)CNC(=O)C(Cc1ccccc1)NC(=O)CNC(=O)CNC(=O)CCCCCN1C(=O)CC(C(C)(C)C)C1=O. The summed E-state index contributed by atoms with van der Waals surface area (Å²) >= 11 is 0. The summed E-state index contributed by atoms with van der Waals surface area (Å²) in [5.74, 6) is -2.77. The van der Waals surface area contributed by atoms with Gasteiger partial charge < -0.3 is 21.3 Å². The molecular weight excluding hydrogens is 578 g/mol. The van der Waals surface area contributed by atoms with E-state index in [1.807, 2.05) is 51.1 Å². The Kier molecular flexibility index (Phi) is 13.9. The monoisotopic (exact) mass is 627 g/mol. The molecule has 45 heavy (non-hydrogen) atoms. The van der Waals surface area contributed by atoms with E-state index >= 15 is 0 Å². The second-order valence-corrected chi connectivity index (χ2v) is 13.6. The zero-order chi connectivity index (χ0) is 33.8. The van der Waals surface area contributed by atoms with Crippen LogP contribution in [0.1, 0.15) is 79.2 Å². The van der Waals surface area contributed by atoms with Crippen LogP contribution in [0.25, 0.3) is 0 Å². The second kappa shape index (κ2) is 16.8. The topological polar surface area (TPSA) is 171 Å². The van der Waals surface area contributed by atoms with Crippen molar-refractivity contribution in [2.24, 2.45) is 16.7 Å². The Morgan fingerprint density at radius 2 is 1.42 bits per heavy atom. The maximum absolute atomic E-state index is 12.9. The van der Waals surface area contributed by atoms with Gasteiger partial charge in [0, 0.05) is 31.2 Å². The third-order valence-electron chi connectivity index (χ3n) is 7.66. The van der Waals surface area contributed by atoms with Crippen LogP contribution in [-0.4, -0.2) is 78.3 Å². The Morgan fingerprint density at radius 1 is 0.800 bits per heavy atom. The van der Waals surface area contributed by atoms with E-state index in [1.165, 1.54) is 4.90 Å². The largest absolute Gasteiger partial charge is 0.347 e. The normalized spacial score (nSPS) is 15.8. The van der Waals surface area contributed by atoms with Crippen molar-refractivity contribution in [3.63, 3.8) is 0 Å². The first kappa shape index (κ1) is 37.1. The lowest BCUT2D eigenvalue weighted by Gasteiger charge is -2.24. The van der Waals surface area contributed by atoms with Gasteiger partial charge in [-0.15, -0.1) is 0 Å². The van der Waals surface area contributed by atoms with E-state index in [1.54, 1.807) is 20.8 Å². The number of nitrogens with one attached hydrogen (secondary N) is 4. The first-order valence-corrected chi connectivity index (χ1v) is 15.5. The van der Waals surface area contributed by atoms with Crippen LogP contribution in [0.15, 0.2) is 30.3 Å². The highest BCUT2D eigenvalue weighted by Gasteiger charge is 2.44. The number of imide groups is 1. The lowest BCUT2D eigenvalue weighted by atomic mass is 9.80. The van der Waals surface area contributed by atoms with Crippen molar-refractivity contribution in [1.29, 1.82) is 0 Å². The number of benzene rings is 1. The smallest absolute Gasteiger partial charge is 0.243 e. The van der Waals surface area contributed by atoms with Crippen molar-refractivity contribution in [2.75, 3.05) is 26.2 Å². The highest BCUT2D eigenvalue weighted by molar-refractivity contribution is 6.03. The Hall–Kier alpha value is -4.09. The number of carbonyl (C=O) groups is 7. The predicted molar refractivity (Wildman–Crippen MR) is 168 cm³/mol. The van der Waals surface area contributed by atoms with Crippen LogP contribution in [0, 0.1) is 16.7 Å². The van der Waals surface area contributed by atoms with Crippen LogP contribution < -0.4 is 21.3 Å². The number of likely N-dealkylation sites (tertiary alicyclic amines) is 1. The minimum absolute atomic E-state index is 0.132. The van der Waals surface area contributed by atoms with E-state index in [2.05, 4.69) is 21.3 Å². The zero-order valence-electron chi connectivity index (χ0n) is 27.4. The van der Waals surface area contributed by atoms with Gasteiger partial charge in [-0.05, 0) is 23.8 Å². The summed E-state index contributed by atoms with van der Waals surface area (Å²) in [5, 5.41) is 10.1. The summed E-state index contributed by atoms with van der Waals surface area (Å²) in [7, 11) is 0. The van der Waals surface area contributed by atoms with Crippen molar-refractivity contribution in [1.82, 2.24) is 26.2 Å². The number of hydrogen-bond donors (Lipinski definition) is 4. The molecule has 0 spiro atoms. The summed E-state index contributed by atoms with van der Waals surface area (Å²) in [6.07, 6.45) is 2.36. The number of Topliss-reactive ketones (excluding diaryl/α,β-unsaturated/α-hetero) is 1. The van der Waals surface area contributed by atoms with E-state index in [4.69, 9.17) is 0 Å². The minimum atomic E-state index is -0.967. The van der Waals surface area contributed by atoms with E-state index in [-0.39, 0.29) is 67.2 Å². The molecule has 1 aliphatic rings. The summed E-state index contributed by atoms with van der Waals surface area (Å²) in [4.78, 5) is 88.2. The van der Waals surface area contributed by atoms with Crippen LogP contribution in [0.4, 0.5) is 0 Å². The Morgan fingerprint density at radius 3 is 2.02 bits per heavy atom. The first-order chi connectivity index (χ1) is 21.0. The molecule has 1 saturated heterocycles. The number of hydrogen-bond acceptors (Lipinski definition) is 7. The van der Waals surface area contributed by atoms with Crippen LogP contribution in [0.3, 0.4) is 0 Å². The molecule has 1 aromatic rings. The van der Waals surface area contributed by atoms with Gasteiger partial charge in [-0.25, -0.2) is 0 Å². The number of rotatable bonds is 16. The fraction of sp³-hybridized carbons (Fsp3) is 0.606. The van der Waals surface area contributed by atoms with Crippen molar-refractivity contribution in [3.05, 3.63) is 35.9 Å². The average molecular weight is 628 g/mol. The lowest BCUT2D eigenvalue weighted by molar-refractivity contribution is -0.140. The highest BCUT2D eigenvalue weighted by atomic mass is 16.2. The number of nitrogens with zero attached hydrogens (tertiary/aromatic N) is 1. The highest BCUT2D eigenvalue weighted by Crippen LogP contribution is 2.35. The number of ketones is 1. The van der Waals surface area contributed by atoms with Gasteiger partial charge in [0.25, 0.3) is 0 Å². The summed E-state index contributed by atoms with van der Waals surface area (Å²) in [6, 6.07) is 8.11. The molecule has 248 valence electrons. The molecule has 1 heterocycles. The molecule has 2 unspecified atom stereocenters. The summed E-state index contributed by atoms with van der Waals surface area (Å²) in [6.45, 7) is 10.5. The van der Waals surface area contributed by atoms with Crippen molar-refractivity contribution < 1.29 is 33.6 Å². The van der Waals surface area contributed by atoms with Gasteiger partial charge in [0.2, 0.25) is 35.4 Å². The number of unbranched alkanes of at least 4 members (excludes halogenated alkanes) is 2. The Balaban J connectivity index is 1.70. The lowest BCUT2D eigenvalue weighted by Crippen LogP contribution is -2.52. The van der Waals surface area contributed by atoms with Crippen LogP contribution >= 0.6 is 0 Å². The summed E-state index contributed by atoms with van der Waals surface area (Å²) < 4.78 is 0. The van der Waals surface area contributed by atoms with Gasteiger partial charge in [0.15, 0.2) is 5.78 Å². The van der Waals surface area contributed by atoms with Gasteiger partial charge in [0.1, 0.15) is 6.04 Å². The van der Waals surface area contributed by atoms with Gasteiger partial charge in [0.05, 0.1) is 25.6 Å². The maximum atomic E-state index is 12.9. The summed E-state index contributed by atoms with van der Waals surface area (Å²) in [5.41, 5.74) is -0.0945. The maximum Gasteiger partial charge on any atom is 0.243 e. The molecule has 1 fully saturated rings. The standard InChI is InChI=1S/C33H49N5O7/c1-32(2,3)23-18-29(43)38(31(23)45)16-12-8-11-15-26(40)34-20-27(41)35-21-28(42)37-24(17-22-13-9-7-10-14-22)30(44)36-19-25(39)33(4,5)6/h7,9-10,13-14,23-24H,8,11-12,15-21H2,1-6H3,(H,34,40)(H,35,41)(H,36,44)(H,37,42). The van der Waals surface area contributed by atoms with E-state index < -0.39 is 35.7 Å². The Labute approximate surface area is 265 Å². The molecule has 12 nitrogen and oxygen atoms in total. The van der Waals surface area contributed by atoms with Gasteiger partial charge in [-0.3, -0.25) is 38.5 Å². The molecule has 0 aliphatic carbocycles. The van der Waals surface area contributed by atoms with Gasteiger partial charge in [-0.1, -0.05) is 78.3 Å². The molecule has 0 bridgehead atoms. The molecule has 4 N–H and O–H groups in total. The average Bonchev–Trinajstić information content (AvgIpc) is 3.26. The van der Waals surface area contributed by atoms with Crippen molar-refractivity contribution in [2.45, 2.75) is 86.1 Å². The quantitative estimate of drug-likeness (QED) is 0.159. The third-order valence-corrected chi connectivity index (χ3v) is 7.66. The molecule has 12 heteroatoms. The molecular formula is C33H49N5O7. The van der Waals surface area contributed by atoms with Gasteiger partial charge in [-0.2, -0.15) is 0 Å². The molecule has 0 saturated carbocycles. The fourth-order valence-electron chi connectivity index (χ4n) is 4.70. The van der Waals surface area contributed by atoms with Crippen LogP contribution in [0.5, 0.6) is 0 Å². The zero-order valence-corrected chi connectivity index (χ0v) is 27.4. The van der Waals surface area contributed by atoms with E-state index in [9.17, 15) is 33.6 Å². The van der Waals surface area contributed by atoms with Crippen molar-refractivity contribution >= 4 is 41.2 Å². The number of carbonyl (C=O) groups excluding carboxylic acids is 7. The van der Waals surface area contributed by atoms with E-state index in [0.717, 1.165) is 5.56 Å². The van der Waals surface area contributed by atoms with Crippen LogP contribution in [-0.2, 0) is 40.0 Å². The van der Waals surface area contributed by atoms with Gasteiger partial charge >= 0.3 is 0 Å². The second-order valence-electron chi connectivity index (χ2n) is 13.6. The Bertz CT molecular complexity index is 1230. The fourth-order valence-corrected chi connectivity index (χ4v) is 4.70. The molecule has 2 atom stereocenters. The van der Waals surface area contributed by atoms with Crippen molar-refractivity contribution in [3.8, 4) is 0 Å². The molecule has 6 amide bonds. The minimum Gasteiger partial charge on any atom is -0.347 e. The third kappa shape index (κ3) is 12.8. The number of amides is 6. The predicted octanol–water partition coefficient (Wildman–Crippen LogP) is 1.66. The molecule has 1 aliphatic heterocycles. The van der Waals surface area contributed by atoms with Crippen LogP contribution in [0.2, 0.25) is 0 Å².